The van der Waals surface area contributed by atoms with Crippen LogP contribution < -0.4 is 20.9 Å². The lowest BCUT2D eigenvalue weighted by atomic mass is 9.73. The van der Waals surface area contributed by atoms with Gasteiger partial charge in [-0.25, -0.2) is 0 Å². The second kappa shape index (κ2) is 11.2. The summed E-state index contributed by atoms with van der Waals surface area (Å²) in [4.78, 5) is 7.18. The Balaban J connectivity index is 1.03. The van der Waals surface area contributed by atoms with Crippen molar-refractivity contribution in [3.8, 4) is 0 Å². The fraction of sp³-hybridized carbons (Fsp3) is 0.0732. The molecule has 0 atom stereocenters. The molecule has 0 saturated heterocycles. The summed E-state index contributed by atoms with van der Waals surface area (Å²) in [6, 6.07) is 51.6. The van der Waals surface area contributed by atoms with Crippen LogP contribution in [0.5, 0.6) is 0 Å². The van der Waals surface area contributed by atoms with Gasteiger partial charge in [0.05, 0.1) is 28.4 Å². The van der Waals surface area contributed by atoms with Gasteiger partial charge in [-0.05, 0) is 89.5 Å². The van der Waals surface area contributed by atoms with E-state index in [0.717, 1.165) is 22.6 Å². The van der Waals surface area contributed by atoms with Gasteiger partial charge in [0.15, 0.2) is 0 Å². The van der Waals surface area contributed by atoms with Crippen LogP contribution in [0.4, 0.5) is 39.8 Å². The Morgan fingerprint density at radius 3 is 1.54 bits per heavy atom. The van der Waals surface area contributed by atoms with Gasteiger partial charge in [0.2, 0.25) is 0 Å². The van der Waals surface area contributed by atoms with Crippen LogP contribution >= 0.6 is 11.8 Å². The first-order chi connectivity index (χ1) is 22.5. The van der Waals surface area contributed by atoms with Gasteiger partial charge in [0, 0.05) is 38.5 Å². The molecular formula is C41H34N4S. The Bertz CT molecular complexity index is 2000. The number of nitrogens with two attached hydrogens (primary N) is 1. The molecule has 0 fully saturated rings. The number of fused-ring (bicyclic) bond motifs is 4. The predicted octanol–water partition coefficient (Wildman–Crippen LogP) is 11.1. The van der Waals surface area contributed by atoms with Crippen LogP contribution in [-0.2, 0) is 5.41 Å². The fourth-order valence-corrected chi connectivity index (χ4v) is 7.74. The van der Waals surface area contributed by atoms with E-state index in [0.29, 0.717) is 5.70 Å². The Kier molecular flexibility index (Phi) is 6.84. The summed E-state index contributed by atoms with van der Waals surface area (Å²) in [6.45, 7) is 4.62. The van der Waals surface area contributed by atoms with E-state index in [-0.39, 0.29) is 5.41 Å². The van der Waals surface area contributed by atoms with Gasteiger partial charge in [-0.3, -0.25) is 0 Å². The molecule has 4 nitrogen and oxygen atoms in total. The second-order valence-electron chi connectivity index (χ2n) is 12.2. The molecule has 0 unspecified atom stereocenters. The zero-order chi connectivity index (χ0) is 31.3. The van der Waals surface area contributed by atoms with Crippen LogP contribution in [0.15, 0.2) is 162 Å². The molecule has 0 saturated carbocycles. The molecule has 0 spiro atoms. The zero-order valence-electron chi connectivity index (χ0n) is 25.8. The lowest BCUT2D eigenvalue weighted by Crippen LogP contribution is -2.30. The first-order valence-corrected chi connectivity index (χ1v) is 16.4. The molecule has 5 heteroatoms. The second-order valence-corrected chi connectivity index (χ2v) is 13.3. The maximum Gasteiger partial charge on any atom is 0.0601 e. The van der Waals surface area contributed by atoms with E-state index < -0.39 is 0 Å². The van der Waals surface area contributed by atoms with Gasteiger partial charge in [0.1, 0.15) is 0 Å². The SMILES string of the molecule is CC1(C)c2ccccc2N(c2ccc(N/C=C(\N)c3ccc(N4c5ccccc5Sc5ccccc54)cc3)cc2)c2ccccc21. The van der Waals surface area contributed by atoms with Crippen LogP contribution in [0.3, 0.4) is 0 Å². The number of para-hydroxylation sites is 4. The van der Waals surface area contributed by atoms with E-state index >= 15 is 0 Å². The summed E-state index contributed by atoms with van der Waals surface area (Å²) in [5.41, 5.74) is 18.8. The normalized spacial score (nSPS) is 14.5. The summed E-state index contributed by atoms with van der Waals surface area (Å²) in [6.07, 6.45) is 1.88. The molecule has 2 heterocycles. The maximum atomic E-state index is 6.58. The van der Waals surface area contributed by atoms with Crippen molar-refractivity contribution in [2.45, 2.75) is 29.1 Å². The number of rotatable bonds is 5. The maximum absolute atomic E-state index is 6.58. The van der Waals surface area contributed by atoms with Crippen LogP contribution in [0, 0.1) is 0 Å². The van der Waals surface area contributed by atoms with E-state index in [9.17, 15) is 0 Å². The van der Waals surface area contributed by atoms with Crippen molar-refractivity contribution in [3.05, 3.63) is 168 Å². The van der Waals surface area contributed by atoms with Gasteiger partial charge in [0.25, 0.3) is 0 Å². The third-order valence-electron chi connectivity index (χ3n) is 9.05. The minimum Gasteiger partial charge on any atom is -0.397 e. The Morgan fingerprint density at radius 2 is 1.00 bits per heavy atom. The summed E-state index contributed by atoms with van der Waals surface area (Å²) in [5.74, 6) is 0. The van der Waals surface area contributed by atoms with E-state index in [2.05, 4.69) is 175 Å². The first-order valence-electron chi connectivity index (χ1n) is 15.6. The monoisotopic (exact) mass is 614 g/mol. The molecule has 46 heavy (non-hydrogen) atoms. The summed E-state index contributed by atoms with van der Waals surface area (Å²) in [7, 11) is 0. The fourth-order valence-electron chi connectivity index (χ4n) is 6.68. The molecule has 0 radical (unpaired) electrons. The van der Waals surface area contributed by atoms with E-state index in [1.165, 1.54) is 43.7 Å². The van der Waals surface area contributed by atoms with Crippen LogP contribution in [0.1, 0.15) is 30.5 Å². The molecule has 2 aliphatic heterocycles. The predicted molar refractivity (Wildman–Crippen MR) is 194 cm³/mol. The quantitative estimate of drug-likeness (QED) is 0.202. The molecule has 6 aromatic rings. The molecule has 3 N–H and O–H groups in total. The van der Waals surface area contributed by atoms with Crippen molar-refractivity contribution in [2.24, 2.45) is 5.73 Å². The van der Waals surface area contributed by atoms with E-state index in [1.807, 2.05) is 18.0 Å². The van der Waals surface area contributed by atoms with Crippen molar-refractivity contribution in [3.63, 3.8) is 0 Å². The Morgan fingerprint density at radius 1 is 0.565 bits per heavy atom. The third kappa shape index (κ3) is 4.72. The van der Waals surface area contributed by atoms with Gasteiger partial charge in [-0.2, -0.15) is 0 Å². The van der Waals surface area contributed by atoms with Crippen LogP contribution in [0.2, 0.25) is 0 Å². The van der Waals surface area contributed by atoms with Crippen molar-refractivity contribution >= 4 is 57.3 Å². The topological polar surface area (TPSA) is 44.5 Å². The highest BCUT2D eigenvalue weighted by Crippen LogP contribution is 2.52. The average molecular weight is 615 g/mol. The third-order valence-corrected chi connectivity index (χ3v) is 10.2. The van der Waals surface area contributed by atoms with Crippen molar-refractivity contribution in [2.75, 3.05) is 15.1 Å². The summed E-state index contributed by atoms with van der Waals surface area (Å²) < 4.78 is 0. The highest BCUT2D eigenvalue weighted by atomic mass is 32.2. The molecule has 2 aliphatic rings. The number of hydrogen-bond donors (Lipinski definition) is 2. The number of benzene rings is 6. The molecular weight excluding hydrogens is 581 g/mol. The van der Waals surface area contributed by atoms with Gasteiger partial charge >= 0.3 is 0 Å². The van der Waals surface area contributed by atoms with Crippen molar-refractivity contribution in [1.29, 1.82) is 0 Å². The van der Waals surface area contributed by atoms with Crippen LogP contribution in [0.25, 0.3) is 5.70 Å². The Labute approximate surface area is 274 Å². The number of anilines is 7. The zero-order valence-corrected chi connectivity index (χ0v) is 26.6. The molecule has 0 bridgehead atoms. The summed E-state index contributed by atoms with van der Waals surface area (Å²) in [5, 5.41) is 3.41. The van der Waals surface area contributed by atoms with Crippen LogP contribution in [-0.4, -0.2) is 0 Å². The van der Waals surface area contributed by atoms with Crippen molar-refractivity contribution in [1.82, 2.24) is 0 Å². The highest BCUT2D eigenvalue weighted by molar-refractivity contribution is 7.99. The van der Waals surface area contributed by atoms with E-state index in [1.54, 1.807) is 0 Å². The minimum atomic E-state index is -0.0759. The smallest absolute Gasteiger partial charge is 0.0601 e. The van der Waals surface area contributed by atoms with E-state index in [4.69, 9.17) is 5.73 Å². The van der Waals surface area contributed by atoms with Crippen molar-refractivity contribution < 1.29 is 0 Å². The lowest BCUT2D eigenvalue weighted by Gasteiger charge is -2.42. The van der Waals surface area contributed by atoms with Gasteiger partial charge < -0.3 is 20.9 Å². The van der Waals surface area contributed by atoms with Gasteiger partial charge in [-0.1, -0.05) is 98.4 Å². The molecule has 0 amide bonds. The lowest BCUT2D eigenvalue weighted by molar-refractivity contribution is 0.632. The number of hydrogen-bond acceptors (Lipinski definition) is 5. The largest absolute Gasteiger partial charge is 0.397 e. The Hall–Kier alpha value is -5.39. The first kappa shape index (κ1) is 28.1. The molecule has 0 aliphatic carbocycles. The summed E-state index contributed by atoms with van der Waals surface area (Å²) >= 11 is 1.81. The number of nitrogens with zero attached hydrogens (tertiary/aromatic N) is 2. The number of nitrogens with one attached hydrogen (secondary N) is 1. The molecule has 8 rings (SSSR count). The molecule has 6 aromatic carbocycles. The minimum absolute atomic E-state index is 0.0759. The molecule has 0 aromatic heterocycles. The highest BCUT2D eigenvalue weighted by Gasteiger charge is 2.36. The molecule has 224 valence electrons. The standard InChI is InChI=1S/C41H34N4S/c1-41(2)32-11-3-5-13-35(32)44(36-14-6-4-12-33(36)41)31-25-21-29(22-26-31)43-27-34(42)28-19-23-30(24-20-28)45-37-15-7-9-17-39(37)46-40-18-10-8-16-38(40)45/h3-27,43H,42H2,1-2H3/b34-27-. The van der Waals surface area contributed by atoms with Gasteiger partial charge in [-0.15, -0.1) is 0 Å². The average Bonchev–Trinajstić information content (AvgIpc) is 3.10.